The fraction of sp³-hybridized carbons (Fsp3) is 0.500. The fourth-order valence-corrected chi connectivity index (χ4v) is 6.40. The second-order valence-corrected chi connectivity index (χ2v) is 10.6. The molecule has 1 fully saturated rings. The Labute approximate surface area is 180 Å². The third kappa shape index (κ3) is 3.91. The largest absolute Gasteiger partial charge is 0.448 e. The van der Waals surface area contributed by atoms with Crippen LogP contribution in [0.4, 0.5) is 0 Å². The number of rotatable bonds is 5. The first-order valence-electron chi connectivity index (χ1n) is 9.99. The zero-order chi connectivity index (χ0) is 21.5. The maximum absolute atomic E-state index is 12.8. The van der Waals surface area contributed by atoms with Crippen molar-refractivity contribution in [3.05, 3.63) is 39.8 Å². The summed E-state index contributed by atoms with van der Waals surface area (Å²) < 4.78 is 33.7. The minimum atomic E-state index is -3.63. The number of fused-ring (bicyclic) bond motifs is 1. The first-order chi connectivity index (χ1) is 14.3. The summed E-state index contributed by atoms with van der Waals surface area (Å²) in [6, 6.07) is 3.34. The number of thiophene rings is 1. The van der Waals surface area contributed by atoms with E-state index in [1.807, 2.05) is 11.4 Å². The Bertz CT molecular complexity index is 1070. The number of hydrogen-bond acceptors (Lipinski definition) is 6. The zero-order valence-corrected chi connectivity index (χ0v) is 18.7. The molecule has 2 aromatic heterocycles. The molecule has 0 bridgehead atoms. The van der Waals surface area contributed by atoms with Gasteiger partial charge in [0.1, 0.15) is 10.6 Å². The Morgan fingerprint density at radius 3 is 2.67 bits per heavy atom. The second-order valence-electron chi connectivity index (χ2n) is 7.71. The highest BCUT2D eigenvalue weighted by atomic mass is 32.2. The van der Waals surface area contributed by atoms with Gasteiger partial charge in [-0.3, -0.25) is 4.79 Å². The van der Waals surface area contributed by atoms with Crippen LogP contribution in [0.1, 0.15) is 40.7 Å². The Balaban J connectivity index is 1.43. The minimum absolute atomic E-state index is 0.0684. The monoisotopic (exact) mass is 451 g/mol. The van der Waals surface area contributed by atoms with E-state index < -0.39 is 22.1 Å². The van der Waals surface area contributed by atoms with Crippen molar-refractivity contribution in [1.82, 2.24) is 13.8 Å². The lowest BCUT2D eigenvalue weighted by Crippen LogP contribution is -2.42. The maximum atomic E-state index is 12.8. The summed E-state index contributed by atoms with van der Waals surface area (Å²) in [6.45, 7) is 3.64. The molecule has 0 aromatic carbocycles. The molecule has 4 heterocycles. The van der Waals surface area contributed by atoms with Crippen LogP contribution in [0.3, 0.4) is 0 Å². The number of carbonyl (C=O) groups excluding carboxylic acids is 2. The SMILES string of the molecule is CC(OC(=O)c1cc(S(=O)(=O)N2CCCC2)cn1C)C(=O)N1CCc2sccc2C1. The topological polar surface area (TPSA) is 88.9 Å². The van der Waals surface area contributed by atoms with E-state index in [-0.39, 0.29) is 16.5 Å². The van der Waals surface area contributed by atoms with E-state index >= 15 is 0 Å². The zero-order valence-electron chi connectivity index (χ0n) is 17.0. The molecule has 4 rings (SSSR count). The predicted molar refractivity (Wildman–Crippen MR) is 112 cm³/mol. The van der Waals surface area contributed by atoms with Gasteiger partial charge in [0.05, 0.1) is 0 Å². The normalized spacial score (nSPS) is 18.3. The van der Waals surface area contributed by atoms with Crippen LogP contribution < -0.4 is 0 Å². The van der Waals surface area contributed by atoms with Gasteiger partial charge >= 0.3 is 5.97 Å². The summed E-state index contributed by atoms with van der Waals surface area (Å²) >= 11 is 1.69. The second kappa shape index (κ2) is 8.16. The first-order valence-corrected chi connectivity index (χ1v) is 12.3. The van der Waals surface area contributed by atoms with Crippen LogP contribution in [0.5, 0.6) is 0 Å². The highest BCUT2D eigenvalue weighted by Gasteiger charge is 2.31. The Morgan fingerprint density at radius 1 is 1.20 bits per heavy atom. The lowest BCUT2D eigenvalue weighted by Gasteiger charge is -2.29. The average Bonchev–Trinajstić information content (AvgIpc) is 3.46. The molecule has 8 nitrogen and oxygen atoms in total. The van der Waals surface area contributed by atoms with Gasteiger partial charge in [-0.1, -0.05) is 0 Å². The molecule has 1 unspecified atom stereocenters. The molecule has 0 saturated carbocycles. The van der Waals surface area contributed by atoms with E-state index in [2.05, 4.69) is 0 Å². The van der Waals surface area contributed by atoms with Gasteiger partial charge in [0.2, 0.25) is 10.0 Å². The molecule has 0 spiro atoms. The molecule has 1 amide bonds. The molecule has 2 aliphatic heterocycles. The predicted octanol–water partition coefficient (Wildman–Crippen LogP) is 2.00. The molecule has 1 saturated heterocycles. The van der Waals surface area contributed by atoms with Crippen molar-refractivity contribution < 1.29 is 22.7 Å². The van der Waals surface area contributed by atoms with Crippen molar-refractivity contribution in [3.8, 4) is 0 Å². The highest BCUT2D eigenvalue weighted by Crippen LogP contribution is 2.25. The summed E-state index contributed by atoms with van der Waals surface area (Å²) in [4.78, 5) is 28.5. The van der Waals surface area contributed by atoms with Crippen LogP contribution in [-0.2, 0) is 39.6 Å². The van der Waals surface area contributed by atoms with Gasteiger partial charge < -0.3 is 14.2 Å². The van der Waals surface area contributed by atoms with Gasteiger partial charge in [-0.05, 0) is 49.3 Å². The molecule has 2 aliphatic rings. The lowest BCUT2D eigenvalue weighted by molar-refractivity contribution is -0.140. The van der Waals surface area contributed by atoms with Crippen molar-refractivity contribution in [3.63, 3.8) is 0 Å². The number of sulfonamides is 1. The molecule has 10 heteroatoms. The van der Waals surface area contributed by atoms with E-state index in [1.165, 1.54) is 26.0 Å². The minimum Gasteiger partial charge on any atom is -0.448 e. The highest BCUT2D eigenvalue weighted by molar-refractivity contribution is 7.89. The number of hydrogen-bond donors (Lipinski definition) is 0. The van der Waals surface area contributed by atoms with Crippen molar-refractivity contribution in [2.45, 2.75) is 43.7 Å². The standard InChI is InChI=1S/C20H25N3O5S2/c1-14(19(24)22-9-5-18-15(12-22)6-10-29-18)28-20(25)17-11-16(13-21(17)2)30(26,27)23-7-3-4-8-23/h6,10-11,13-14H,3-5,7-9,12H2,1-2H3. The average molecular weight is 452 g/mol. The third-order valence-corrected chi connectivity index (χ3v) is 8.53. The van der Waals surface area contributed by atoms with Crippen LogP contribution in [-0.4, -0.2) is 59.8 Å². The molecule has 0 aliphatic carbocycles. The summed E-state index contributed by atoms with van der Waals surface area (Å²) in [5.41, 5.74) is 1.24. The maximum Gasteiger partial charge on any atom is 0.355 e. The third-order valence-electron chi connectivity index (χ3n) is 5.64. The molecule has 2 aromatic rings. The Hall–Kier alpha value is -2.17. The van der Waals surface area contributed by atoms with E-state index in [9.17, 15) is 18.0 Å². The summed E-state index contributed by atoms with van der Waals surface area (Å²) in [5, 5.41) is 2.02. The number of esters is 1. The van der Waals surface area contributed by atoms with Gasteiger partial charge in [-0.2, -0.15) is 4.31 Å². The fourth-order valence-electron chi connectivity index (χ4n) is 3.92. The van der Waals surface area contributed by atoms with Gasteiger partial charge in [0.15, 0.2) is 6.10 Å². The lowest BCUT2D eigenvalue weighted by atomic mass is 10.1. The number of nitrogens with zero attached hydrogens (tertiary/aromatic N) is 3. The van der Waals surface area contributed by atoms with Crippen LogP contribution >= 0.6 is 11.3 Å². The van der Waals surface area contributed by atoms with E-state index in [1.54, 1.807) is 30.2 Å². The molecule has 1 atom stereocenters. The van der Waals surface area contributed by atoms with Crippen LogP contribution in [0.2, 0.25) is 0 Å². The summed E-state index contributed by atoms with van der Waals surface area (Å²) in [6.07, 6.45) is 2.94. The molecular formula is C20H25N3O5S2. The number of carbonyl (C=O) groups is 2. The van der Waals surface area contributed by atoms with Gasteiger partial charge in [0.25, 0.3) is 5.91 Å². The Kier molecular flexibility index (Phi) is 5.73. The van der Waals surface area contributed by atoms with Crippen molar-refractivity contribution >= 4 is 33.2 Å². The van der Waals surface area contributed by atoms with Crippen LogP contribution in [0.25, 0.3) is 0 Å². The quantitative estimate of drug-likeness (QED) is 0.649. The van der Waals surface area contributed by atoms with Crippen molar-refractivity contribution in [2.24, 2.45) is 7.05 Å². The van der Waals surface area contributed by atoms with E-state index in [0.717, 1.165) is 24.8 Å². The summed E-state index contributed by atoms with van der Waals surface area (Å²) in [7, 11) is -2.04. The number of aryl methyl sites for hydroxylation is 1. The number of ether oxygens (including phenoxy) is 1. The van der Waals surface area contributed by atoms with Crippen molar-refractivity contribution in [2.75, 3.05) is 19.6 Å². The van der Waals surface area contributed by atoms with E-state index in [0.29, 0.717) is 26.2 Å². The number of aromatic nitrogens is 1. The van der Waals surface area contributed by atoms with Gasteiger partial charge in [-0.15, -0.1) is 11.3 Å². The number of amides is 1. The molecule has 162 valence electrons. The molecule has 0 radical (unpaired) electrons. The van der Waals surface area contributed by atoms with E-state index in [4.69, 9.17) is 4.74 Å². The van der Waals surface area contributed by atoms with Crippen LogP contribution in [0, 0.1) is 0 Å². The molecule has 30 heavy (non-hydrogen) atoms. The molecule has 0 N–H and O–H groups in total. The first kappa shape index (κ1) is 21.1. The van der Waals surface area contributed by atoms with Gasteiger partial charge in [-0.25, -0.2) is 13.2 Å². The Morgan fingerprint density at radius 2 is 1.93 bits per heavy atom. The van der Waals surface area contributed by atoms with Crippen molar-refractivity contribution in [1.29, 1.82) is 0 Å². The van der Waals surface area contributed by atoms with Crippen LogP contribution in [0.15, 0.2) is 28.6 Å². The van der Waals surface area contributed by atoms with Gasteiger partial charge in [0, 0.05) is 44.3 Å². The summed E-state index contributed by atoms with van der Waals surface area (Å²) in [5.74, 6) is -0.964. The molecular weight excluding hydrogens is 426 g/mol. The smallest absolute Gasteiger partial charge is 0.355 e.